The summed E-state index contributed by atoms with van der Waals surface area (Å²) in [5.41, 5.74) is 1.25. The number of hydrogen-bond acceptors (Lipinski definition) is 3. The number of rotatable bonds is 3. The molecule has 0 saturated heterocycles. The molecular formula is C15H12ClFN2O2S. The summed E-state index contributed by atoms with van der Waals surface area (Å²) in [6.45, 7) is 0. The number of esters is 1. The van der Waals surface area contributed by atoms with E-state index in [4.69, 9.17) is 23.8 Å². The molecule has 0 saturated carbocycles. The Bertz CT molecular complexity index is 707. The van der Waals surface area contributed by atoms with Crippen molar-refractivity contribution in [2.24, 2.45) is 0 Å². The zero-order valence-electron chi connectivity index (χ0n) is 11.5. The van der Waals surface area contributed by atoms with Crippen LogP contribution in [0.5, 0.6) is 0 Å². The van der Waals surface area contributed by atoms with Crippen LogP contribution in [0.25, 0.3) is 0 Å². The average Bonchev–Trinajstić information content (AvgIpc) is 2.52. The minimum atomic E-state index is -0.575. The van der Waals surface area contributed by atoms with Gasteiger partial charge in [0, 0.05) is 5.69 Å². The Morgan fingerprint density at radius 2 is 1.86 bits per heavy atom. The first kappa shape index (κ1) is 16.2. The van der Waals surface area contributed by atoms with Gasteiger partial charge in [-0.15, -0.1) is 0 Å². The first-order valence-electron chi connectivity index (χ1n) is 6.21. The SMILES string of the molecule is COC(=O)c1ccc(NC(=S)Nc2cccc(Cl)c2F)cc1. The van der Waals surface area contributed by atoms with E-state index in [1.807, 2.05) is 0 Å². The molecule has 2 rings (SSSR count). The molecule has 4 nitrogen and oxygen atoms in total. The molecule has 0 heterocycles. The Hall–Kier alpha value is -2.18. The van der Waals surface area contributed by atoms with Gasteiger partial charge in [0.15, 0.2) is 10.9 Å². The van der Waals surface area contributed by atoms with Crippen molar-refractivity contribution in [3.05, 3.63) is 58.9 Å². The van der Waals surface area contributed by atoms with Gasteiger partial charge in [-0.3, -0.25) is 0 Å². The number of methoxy groups -OCH3 is 1. The summed E-state index contributed by atoms with van der Waals surface area (Å²) in [6, 6.07) is 11.1. The lowest BCUT2D eigenvalue weighted by molar-refractivity contribution is 0.0601. The van der Waals surface area contributed by atoms with Crippen LogP contribution >= 0.6 is 23.8 Å². The molecule has 0 aliphatic rings. The minimum Gasteiger partial charge on any atom is -0.465 e. The van der Waals surface area contributed by atoms with Gasteiger partial charge in [0.25, 0.3) is 0 Å². The third-order valence-electron chi connectivity index (χ3n) is 2.76. The van der Waals surface area contributed by atoms with E-state index in [1.165, 1.54) is 19.2 Å². The zero-order valence-corrected chi connectivity index (χ0v) is 13.1. The van der Waals surface area contributed by atoms with Crippen LogP contribution in [0.15, 0.2) is 42.5 Å². The highest BCUT2D eigenvalue weighted by Gasteiger charge is 2.08. The Labute approximate surface area is 137 Å². The van der Waals surface area contributed by atoms with Crippen molar-refractivity contribution in [1.29, 1.82) is 0 Å². The van der Waals surface area contributed by atoms with E-state index in [0.717, 1.165) is 0 Å². The van der Waals surface area contributed by atoms with Gasteiger partial charge in [0.05, 0.1) is 23.4 Å². The molecule has 0 atom stereocenters. The van der Waals surface area contributed by atoms with E-state index in [9.17, 15) is 9.18 Å². The van der Waals surface area contributed by atoms with Crippen LogP contribution in [-0.2, 0) is 4.74 Å². The molecule has 0 aliphatic heterocycles. The molecule has 2 N–H and O–H groups in total. The van der Waals surface area contributed by atoms with Gasteiger partial charge in [-0.05, 0) is 48.6 Å². The number of carbonyl (C=O) groups excluding carboxylic acids is 1. The molecule has 2 aromatic rings. The van der Waals surface area contributed by atoms with Crippen molar-refractivity contribution < 1.29 is 13.9 Å². The molecule has 0 spiro atoms. The van der Waals surface area contributed by atoms with E-state index >= 15 is 0 Å². The van der Waals surface area contributed by atoms with Gasteiger partial charge in [-0.1, -0.05) is 17.7 Å². The van der Waals surface area contributed by atoms with Crippen molar-refractivity contribution in [2.75, 3.05) is 17.7 Å². The predicted octanol–water partition coefficient (Wildman–Crippen LogP) is 4.07. The van der Waals surface area contributed by atoms with Crippen molar-refractivity contribution in [1.82, 2.24) is 0 Å². The standard InChI is InChI=1S/C15H12ClFN2O2S/c1-21-14(20)9-5-7-10(8-6-9)18-15(22)19-12-4-2-3-11(16)13(12)17/h2-8H,1H3,(H2,18,19,22). The number of halogens is 2. The molecule has 0 aliphatic carbocycles. The maximum absolute atomic E-state index is 13.7. The van der Waals surface area contributed by atoms with Crippen LogP contribution in [0.2, 0.25) is 5.02 Å². The summed E-state index contributed by atoms with van der Waals surface area (Å²) in [5.74, 6) is -0.998. The van der Waals surface area contributed by atoms with Crippen LogP contribution in [0.3, 0.4) is 0 Å². The zero-order chi connectivity index (χ0) is 16.1. The largest absolute Gasteiger partial charge is 0.465 e. The summed E-state index contributed by atoms with van der Waals surface area (Å²) < 4.78 is 18.4. The second-order valence-electron chi connectivity index (χ2n) is 4.25. The van der Waals surface area contributed by atoms with Gasteiger partial charge in [-0.25, -0.2) is 9.18 Å². The Kier molecular flexibility index (Phi) is 5.30. The smallest absolute Gasteiger partial charge is 0.337 e. The molecule has 7 heteroatoms. The molecule has 2 aromatic carbocycles. The number of nitrogens with one attached hydrogen (secondary N) is 2. The van der Waals surface area contributed by atoms with E-state index in [0.29, 0.717) is 11.3 Å². The second kappa shape index (κ2) is 7.20. The lowest BCUT2D eigenvalue weighted by atomic mass is 10.2. The van der Waals surface area contributed by atoms with E-state index < -0.39 is 11.8 Å². The third-order valence-corrected chi connectivity index (χ3v) is 3.26. The van der Waals surface area contributed by atoms with Gasteiger partial charge in [-0.2, -0.15) is 0 Å². The fourth-order valence-electron chi connectivity index (χ4n) is 1.69. The van der Waals surface area contributed by atoms with Gasteiger partial charge < -0.3 is 15.4 Å². The van der Waals surface area contributed by atoms with Crippen LogP contribution in [-0.4, -0.2) is 18.2 Å². The first-order valence-corrected chi connectivity index (χ1v) is 7.00. The van der Waals surface area contributed by atoms with E-state index in [1.54, 1.807) is 30.3 Å². The number of anilines is 2. The van der Waals surface area contributed by atoms with E-state index in [-0.39, 0.29) is 15.8 Å². The lowest BCUT2D eigenvalue weighted by Crippen LogP contribution is -2.19. The number of carbonyl (C=O) groups is 1. The fourth-order valence-corrected chi connectivity index (χ4v) is 2.09. The number of thiocarbonyl (C=S) groups is 1. The molecule has 0 amide bonds. The predicted molar refractivity (Wildman–Crippen MR) is 89.0 cm³/mol. The van der Waals surface area contributed by atoms with Crippen molar-refractivity contribution in [2.45, 2.75) is 0 Å². The maximum atomic E-state index is 13.7. The third kappa shape index (κ3) is 3.93. The summed E-state index contributed by atoms with van der Waals surface area (Å²) >= 11 is 10.8. The van der Waals surface area contributed by atoms with Crippen LogP contribution in [0.1, 0.15) is 10.4 Å². The average molecular weight is 339 g/mol. The highest BCUT2D eigenvalue weighted by atomic mass is 35.5. The topological polar surface area (TPSA) is 50.4 Å². The Balaban J connectivity index is 2.03. The van der Waals surface area contributed by atoms with E-state index in [2.05, 4.69) is 15.4 Å². The lowest BCUT2D eigenvalue weighted by Gasteiger charge is -2.12. The number of hydrogen-bond donors (Lipinski definition) is 2. The highest BCUT2D eigenvalue weighted by Crippen LogP contribution is 2.22. The molecule has 0 radical (unpaired) electrons. The van der Waals surface area contributed by atoms with Gasteiger partial charge >= 0.3 is 5.97 Å². The molecule has 0 unspecified atom stereocenters. The summed E-state index contributed by atoms with van der Waals surface area (Å²) in [7, 11) is 1.31. The van der Waals surface area contributed by atoms with Crippen molar-refractivity contribution in [3.8, 4) is 0 Å². The first-order chi connectivity index (χ1) is 10.5. The van der Waals surface area contributed by atoms with Crippen LogP contribution in [0, 0.1) is 5.82 Å². The number of ether oxygens (including phenoxy) is 1. The second-order valence-corrected chi connectivity index (χ2v) is 5.06. The molecule has 0 fully saturated rings. The Morgan fingerprint density at radius 3 is 2.50 bits per heavy atom. The molecule has 114 valence electrons. The summed E-state index contributed by atoms with van der Waals surface area (Å²) in [4.78, 5) is 11.3. The molecule has 0 aromatic heterocycles. The Morgan fingerprint density at radius 1 is 1.18 bits per heavy atom. The molecule has 0 bridgehead atoms. The minimum absolute atomic E-state index is 0.00947. The number of benzene rings is 2. The summed E-state index contributed by atoms with van der Waals surface area (Å²) in [5, 5.41) is 5.81. The maximum Gasteiger partial charge on any atom is 0.337 e. The monoisotopic (exact) mass is 338 g/mol. The molecule has 22 heavy (non-hydrogen) atoms. The quantitative estimate of drug-likeness (QED) is 0.652. The fraction of sp³-hybridized carbons (Fsp3) is 0.0667. The van der Waals surface area contributed by atoms with Gasteiger partial charge in [0.2, 0.25) is 0 Å². The molecular weight excluding hydrogens is 327 g/mol. The normalized spacial score (nSPS) is 9.95. The van der Waals surface area contributed by atoms with Crippen molar-refractivity contribution >= 4 is 46.3 Å². The van der Waals surface area contributed by atoms with Gasteiger partial charge in [0.1, 0.15) is 0 Å². The summed E-state index contributed by atoms with van der Waals surface area (Å²) in [6.07, 6.45) is 0. The van der Waals surface area contributed by atoms with Crippen LogP contribution in [0.4, 0.5) is 15.8 Å². The van der Waals surface area contributed by atoms with Crippen molar-refractivity contribution in [3.63, 3.8) is 0 Å². The van der Waals surface area contributed by atoms with Crippen LogP contribution < -0.4 is 10.6 Å². The highest BCUT2D eigenvalue weighted by molar-refractivity contribution is 7.80.